The number of aromatic nitrogens is 1. The van der Waals surface area contributed by atoms with E-state index < -0.39 is 12.3 Å². The molecule has 0 aliphatic heterocycles. The molecule has 0 spiro atoms. The van der Waals surface area contributed by atoms with Crippen LogP contribution >= 0.6 is 11.3 Å². The van der Waals surface area contributed by atoms with Gasteiger partial charge >= 0.3 is 12.4 Å². The number of carbonyl (C=O) groups excluding carboxylic acids is 2. The molecule has 9 nitrogen and oxygen atoms in total. The average Bonchev–Trinajstić information content (AvgIpc) is 3.29. The highest BCUT2D eigenvalue weighted by molar-refractivity contribution is 7.07. The first-order valence-corrected chi connectivity index (χ1v) is 12.9. The Morgan fingerprint density at radius 2 is 1.72 bits per heavy atom. The zero-order valence-corrected chi connectivity index (χ0v) is 22.4. The highest BCUT2D eigenvalue weighted by atomic mass is 32.1. The normalized spacial score (nSPS) is 11.7. The van der Waals surface area contributed by atoms with E-state index in [1.165, 1.54) is 49.8 Å². The summed E-state index contributed by atoms with van der Waals surface area (Å²) in [6.07, 6.45) is -3.50. The summed E-state index contributed by atoms with van der Waals surface area (Å²) in [5.41, 5.74) is 1.54. The van der Waals surface area contributed by atoms with Gasteiger partial charge in [-0.05, 0) is 61.7 Å². The molecule has 0 aliphatic carbocycles. The predicted molar refractivity (Wildman–Crippen MR) is 140 cm³/mol. The van der Waals surface area contributed by atoms with Crippen LogP contribution in [0.25, 0.3) is 11.3 Å². The molecule has 3 aromatic rings. The molecule has 1 aromatic heterocycles. The Labute approximate surface area is 227 Å². The number of thiazole rings is 1. The number of nitrogens with zero attached hydrogens (tertiary/aromatic N) is 2. The van der Waals surface area contributed by atoms with E-state index in [9.17, 15) is 22.8 Å². The van der Waals surface area contributed by atoms with Crippen LogP contribution in [0.4, 0.5) is 18.0 Å². The van der Waals surface area contributed by atoms with E-state index in [4.69, 9.17) is 9.47 Å². The molecule has 3 rings (SSSR count). The molecular formula is C26H29F3N4O5S. The summed E-state index contributed by atoms with van der Waals surface area (Å²) in [7, 11) is 2.94. The molecule has 2 aromatic carbocycles. The molecule has 3 amide bonds. The van der Waals surface area contributed by atoms with Crippen molar-refractivity contribution in [2.24, 2.45) is 4.99 Å². The number of halogens is 3. The number of methoxy groups -OCH3 is 2. The predicted octanol–water partition coefficient (Wildman–Crippen LogP) is 4.97. The number of ether oxygens (including phenoxy) is 3. The number of hydrogen-bond donors (Lipinski definition) is 2. The Kier molecular flexibility index (Phi) is 10.4. The van der Waals surface area contributed by atoms with Gasteiger partial charge in [0, 0.05) is 31.1 Å². The Balaban J connectivity index is 1.90. The molecule has 1 heterocycles. The van der Waals surface area contributed by atoms with Crippen molar-refractivity contribution in [3.05, 3.63) is 58.2 Å². The van der Waals surface area contributed by atoms with E-state index in [-0.39, 0.29) is 17.3 Å². The zero-order valence-electron chi connectivity index (χ0n) is 21.6. The van der Waals surface area contributed by atoms with Gasteiger partial charge in [0.05, 0.1) is 25.5 Å². The third-order valence-corrected chi connectivity index (χ3v) is 6.31. The van der Waals surface area contributed by atoms with Gasteiger partial charge in [-0.1, -0.05) is 0 Å². The SMILES string of the molecule is CCNC(=O)NCCCCn1c(-c2ccc(OC(F)(F)F)cc2)csc1=NC(=O)c1ccc(OC)cc1OC. The summed E-state index contributed by atoms with van der Waals surface area (Å²) in [6, 6.07) is 10.00. The molecule has 2 N–H and O–H groups in total. The number of nitrogens with one attached hydrogen (secondary N) is 2. The number of alkyl halides is 3. The van der Waals surface area contributed by atoms with Gasteiger partial charge in [-0.3, -0.25) is 4.79 Å². The number of carbonyl (C=O) groups is 2. The van der Waals surface area contributed by atoms with Gasteiger partial charge in [0.1, 0.15) is 17.2 Å². The van der Waals surface area contributed by atoms with Gasteiger partial charge in [-0.15, -0.1) is 24.5 Å². The van der Waals surface area contributed by atoms with Crippen molar-refractivity contribution in [3.8, 4) is 28.5 Å². The van der Waals surface area contributed by atoms with Crippen LogP contribution in [0.2, 0.25) is 0 Å². The van der Waals surface area contributed by atoms with Gasteiger partial charge in [0.25, 0.3) is 5.91 Å². The average molecular weight is 567 g/mol. The molecule has 13 heteroatoms. The van der Waals surface area contributed by atoms with Crippen molar-refractivity contribution in [2.75, 3.05) is 27.3 Å². The van der Waals surface area contributed by atoms with Crippen LogP contribution in [-0.2, 0) is 6.54 Å². The smallest absolute Gasteiger partial charge is 0.497 e. The van der Waals surface area contributed by atoms with Crippen molar-refractivity contribution in [2.45, 2.75) is 32.7 Å². The van der Waals surface area contributed by atoms with Crippen LogP contribution in [-0.4, -0.2) is 50.2 Å². The number of benzene rings is 2. The van der Waals surface area contributed by atoms with Gasteiger partial charge < -0.3 is 29.4 Å². The first-order valence-electron chi connectivity index (χ1n) is 12.0. The van der Waals surface area contributed by atoms with E-state index in [0.29, 0.717) is 60.0 Å². The minimum Gasteiger partial charge on any atom is -0.497 e. The number of urea groups is 1. The van der Waals surface area contributed by atoms with Crippen molar-refractivity contribution in [3.63, 3.8) is 0 Å². The number of rotatable bonds is 11. The van der Waals surface area contributed by atoms with E-state index >= 15 is 0 Å². The summed E-state index contributed by atoms with van der Waals surface area (Å²) in [5, 5.41) is 7.20. The summed E-state index contributed by atoms with van der Waals surface area (Å²) >= 11 is 1.22. The number of unbranched alkanes of at least 4 members (excludes halogenated alkanes) is 1. The van der Waals surface area contributed by atoms with Crippen LogP contribution in [0.15, 0.2) is 52.8 Å². The first kappa shape index (κ1) is 29.6. The van der Waals surface area contributed by atoms with Crippen LogP contribution in [0.1, 0.15) is 30.1 Å². The van der Waals surface area contributed by atoms with Crippen molar-refractivity contribution in [1.82, 2.24) is 15.2 Å². The van der Waals surface area contributed by atoms with Crippen molar-refractivity contribution < 1.29 is 37.0 Å². The monoisotopic (exact) mass is 566 g/mol. The van der Waals surface area contributed by atoms with Crippen LogP contribution < -0.4 is 29.6 Å². The second-order valence-electron chi connectivity index (χ2n) is 8.10. The molecule has 0 atom stereocenters. The van der Waals surface area contributed by atoms with Crippen LogP contribution in [0.3, 0.4) is 0 Å². The molecule has 39 heavy (non-hydrogen) atoms. The molecule has 0 saturated carbocycles. The van der Waals surface area contributed by atoms with Gasteiger partial charge in [-0.25, -0.2) is 4.79 Å². The van der Waals surface area contributed by atoms with Crippen molar-refractivity contribution in [1.29, 1.82) is 0 Å². The standard InChI is InChI=1S/C26H29F3N4O5S/c1-4-30-24(35)31-13-5-6-14-33-21(17-7-9-18(10-8-17)38-26(27,28)29)16-39-25(33)32-23(34)20-12-11-19(36-2)15-22(20)37-3/h7-12,15-16H,4-6,13-14H2,1-3H3,(H2,30,31,35). The largest absolute Gasteiger partial charge is 0.573 e. The van der Waals surface area contributed by atoms with Crippen LogP contribution in [0, 0.1) is 0 Å². The summed E-state index contributed by atoms with van der Waals surface area (Å²) < 4.78 is 54.0. The highest BCUT2D eigenvalue weighted by Crippen LogP contribution is 2.28. The maximum absolute atomic E-state index is 13.1. The number of hydrogen-bond acceptors (Lipinski definition) is 6. The molecule has 0 fully saturated rings. The third-order valence-electron chi connectivity index (χ3n) is 5.45. The Hall–Kier alpha value is -4.00. The lowest BCUT2D eigenvalue weighted by Crippen LogP contribution is -2.35. The van der Waals surface area contributed by atoms with E-state index in [1.807, 2.05) is 11.5 Å². The van der Waals surface area contributed by atoms with Crippen LogP contribution in [0.5, 0.6) is 17.2 Å². The minimum absolute atomic E-state index is 0.250. The fourth-order valence-corrected chi connectivity index (χ4v) is 4.57. The fraction of sp³-hybridized carbons (Fsp3) is 0.346. The van der Waals surface area contributed by atoms with Gasteiger partial charge in [0.2, 0.25) is 0 Å². The van der Waals surface area contributed by atoms with Gasteiger partial charge in [0.15, 0.2) is 4.80 Å². The quantitative estimate of drug-likeness (QED) is 0.319. The molecule has 0 aliphatic rings. The second kappa shape index (κ2) is 13.7. The lowest BCUT2D eigenvalue weighted by molar-refractivity contribution is -0.274. The molecule has 0 unspecified atom stereocenters. The third kappa shape index (κ3) is 8.50. The molecule has 0 saturated heterocycles. The summed E-state index contributed by atoms with van der Waals surface area (Å²) in [4.78, 5) is 29.5. The topological polar surface area (TPSA) is 103 Å². The van der Waals surface area contributed by atoms with E-state index in [0.717, 1.165) is 0 Å². The van der Waals surface area contributed by atoms with Gasteiger partial charge in [-0.2, -0.15) is 4.99 Å². The maximum Gasteiger partial charge on any atom is 0.573 e. The summed E-state index contributed by atoms with van der Waals surface area (Å²) in [6.45, 7) is 3.24. The van der Waals surface area contributed by atoms with Crippen molar-refractivity contribution >= 4 is 23.3 Å². The van der Waals surface area contributed by atoms with E-state index in [2.05, 4.69) is 20.4 Å². The molecular weight excluding hydrogens is 537 g/mol. The second-order valence-corrected chi connectivity index (χ2v) is 8.94. The fourth-order valence-electron chi connectivity index (χ4n) is 3.64. The highest BCUT2D eigenvalue weighted by Gasteiger charge is 2.31. The Morgan fingerprint density at radius 1 is 1.00 bits per heavy atom. The molecule has 0 radical (unpaired) electrons. The maximum atomic E-state index is 13.1. The molecule has 210 valence electrons. The zero-order chi connectivity index (χ0) is 28.4. The lowest BCUT2D eigenvalue weighted by atomic mass is 10.1. The first-order chi connectivity index (χ1) is 18.6. The Morgan fingerprint density at radius 3 is 2.36 bits per heavy atom. The molecule has 0 bridgehead atoms. The Bertz CT molecular complexity index is 1340. The number of amides is 3. The van der Waals surface area contributed by atoms with E-state index in [1.54, 1.807) is 23.6 Å². The minimum atomic E-state index is -4.79. The summed E-state index contributed by atoms with van der Waals surface area (Å²) in [5.74, 6) is -0.0289. The lowest BCUT2D eigenvalue weighted by Gasteiger charge is -2.12.